The third kappa shape index (κ3) is 4.85. The molecule has 0 bridgehead atoms. The van der Waals surface area contributed by atoms with Gasteiger partial charge in [-0.2, -0.15) is 0 Å². The molecule has 0 aromatic heterocycles. The van der Waals surface area contributed by atoms with Crippen LogP contribution in [-0.4, -0.2) is 41.9 Å². The van der Waals surface area contributed by atoms with Crippen molar-refractivity contribution in [1.82, 2.24) is 10.2 Å². The van der Waals surface area contributed by atoms with Crippen molar-refractivity contribution in [3.05, 3.63) is 0 Å². The van der Waals surface area contributed by atoms with Crippen molar-refractivity contribution in [2.24, 2.45) is 17.6 Å². The average molecular weight is 332 g/mol. The van der Waals surface area contributed by atoms with Crippen LogP contribution >= 0.6 is 12.4 Å². The van der Waals surface area contributed by atoms with Crippen molar-refractivity contribution >= 4 is 24.2 Å². The number of rotatable bonds is 3. The fourth-order valence-corrected chi connectivity index (χ4v) is 3.70. The van der Waals surface area contributed by atoms with E-state index in [-0.39, 0.29) is 35.7 Å². The molecule has 0 radical (unpaired) electrons. The number of halogens is 1. The number of likely N-dealkylation sites (tertiary alicyclic amines) is 1. The summed E-state index contributed by atoms with van der Waals surface area (Å²) in [5.74, 6) is 0.567. The molecular formula is C16H30ClN3O2. The van der Waals surface area contributed by atoms with Crippen LogP contribution in [0.15, 0.2) is 0 Å². The van der Waals surface area contributed by atoms with Gasteiger partial charge in [0, 0.05) is 32.1 Å². The molecule has 3 unspecified atom stereocenters. The molecule has 0 aromatic carbocycles. The molecule has 1 saturated carbocycles. The van der Waals surface area contributed by atoms with E-state index in [9.17, 15) is 9.59 Å². The zero-order valence-electron chi connectivity index (χ0n) is 13.8. The van der Waals surface area contributed by atoms with Gasteiger partial charge in [-0.15, -0.1) is 12.4 Å². The lowest BCUT2D eigenvalue weighted by molar-refractivity contribution is -0.140. The maximum Gasteiger partial charge on any atom is 0.227 e. The van der Waals surface area contributed by atoms with Crippen LogP contribution in [0.4, 0.5) is 0 Å². The molecule has 128 valence electrons. The van der Waals surface area contributed by atoms with Gasteiger partial charge in [-0.25, -0.2) is 0 Å². The maximum absolute atomic E-state index is 12.8. The Balaban J connectivity index is 0.00000242. The number of carbonyl (C=O) groups is 2. The zero-order chi connectivity index (χ0) is 15.5. The maximum atomic E-state index is 12.8. The van der Waals surface area contributed by atoms with Crippen molar-refractivity contribution in [1.29, 1.82) is 0 Å². The van der Waals surface area contributed by atoms with E-state index in [2.05, 4.69) is 5.32 Å². The number of piperidine rings is 1. The predicted molar refractivity (Wildman–Crippen MR) is 89.8 cm³/mol. The Bertz CT molecular complexity index is 401. The van der Waals surface area contributed by atoms with Crippen LogP contribution in [0.2, 0.25) is 0 Å². The monoisotopic (exact) mass is 331 g/mol. The third-order valence-electron chi connectivity index (χ3n) is 5.02. The molecule has 1 aliphatic carbocycles. The van der Waals surface area contributed by atoms with E-state index in [1.54, 1.807) is 0 Å². The van der Waals surface area contributed by atoms with Crippen molar-refractivity contribution in [2.75, 3.05) is 19.6 Å². The zero-order valence-corrected chi connectivity index (χ0v) is 14.6. The van der Waals surface area contributed by atoms with Gasteiger partial charge < -0.3 is 16.0 Å². The van der Waals surface area contributed by atoms with E-state index >= 15 is 0 Å². The highest BCUT2D eigenvalue weighted by molar-refractivity contribution is 5.85. The fraction of sp³-hybridized carbons (Fsp3) is 0.875. The molecule has 1 heterocycles. The predicted octanol–water partition coefficient (Wildman–Crippen LogP) is 1.69. The first-order valence-electron chi connectivity index (χ1n) is 8.22. The van der Waals surface area contributed by atoms with Crippen LogP contribution in [0.1, 0.15) is 52.4 Å². The van der Waals surface area contributed by atoms with Crippen LogP contribution in [-0.2, 0) is 9.59 Å². The second-order valence-corrected chi connectivity index (χ2v) is 7.03. The summed E-state index contributed by atoms with van der Waals surface area (Å²) in [6, 6.07) is 0. The van der Waals surface area contributed by atoms with E-state index < -0.39 is 0 Å². The first kappa shape index (κ1) is 19.2. The SMILES string of the molecule is CC(=O)NCC1CCCN(C(=O)C2CCCCC2(C)N)C1.Cl. The molecule has 22 heavy (non-hydrogen) atoms. The van der Waals surface area contributed by atoms with Gasteiger partial charge in [0.15, 0.2) is 0 Å². The van der Waals surface area contributed by atoms with Crippen molar-refractivity contribution < 1.29 is 9.59 Å². The quantitative estimate of drug-likeness (QED) is 0.826. The van der Waals surface area contributed by atoms with Gasteiger partial charge >= 0.3 is 0 Å². The molecule has 1 saturated heterocycles. The summed E-state index contributed by atoms with van der Waals surface area (Å²) in [6.45, 7) is 5.82. The number of nitrogens with zero attached hydrogens (tertiary/aromatic N) is 1. The molecule has 3 atom stereocenters. The lowest BCUT2D eigenvalue weighted by Crippen LogP contribution is -2.55. The van der Waals surface area contributed by atoms with Crippen LogP contribution in [0, 0.1) is 11.8 Å². The summed E-state index contributed by atoms with van der Waals surface area (Å²) < 4.78 is 0. The van der Waals surface area contributed by atoms with E-state index in [1.807, 2.05) is 11.8 Å². The number of amides is 2. The number of carbonyl (C=O) groups excluding carboxylic acids is 2. The molecule has 2 rings (SSSR count). The van der Waals surface area contributed by atoms with E-state index in [0.717, 1.165) is 51.6 Å². The van der Waals surface area contributed by atoms with E-state index in [0.29, 0.717) is 12.5 Å². The number of hydrogen-bond donors (Lipinski definition) is 2. The molecule has 2 fully saturated rings. The Morgan fingerprint density at radius 1 is 1.27 bits per heavy atom. The Labute approximate surface area is 139 Å². The summed E-state index contributed by atoms with van der Waals surface area (Å²) >= 11 is 0. The minimum Gasteiger partial charge on any atom is -0.356 e. The summed E-state index contributed by atoms with van der Waals surface area (Å²) in [5.41, 5.74) is 6.00. The van der Waals surface area contributed by atoms with Gasteiger partial charge in [0.25, 0.3) is 0 Å². The van der Waals surface area contributed by atoms with Gasteiger partial charge in [-0.05, 0) is 38.5 Å². The minimum absolute atomic E-state index is 0. The second-order valence-electron chi connectivity index (χ2n) is 7.03. The third-order valence-corrected chi connectivity index (χ3v) is 5.02. The number of nitrogens with one attached hydrogen (secondary N) is 1. The smallest absolute Gasteiger partial charge is 0.227 e. The van der Waals surface area contributed by atoms with Gasteiger partial charge in [0.05, 0.1) is 5.92 Å². The molecule has 2 amide bonds. The van der Waals surface area contributed by atoms with Gasteiger partial charge in [0.2, 0.25) is 11.8 Å². The van der Waals surface area contributed by atoms with Crippen molar-refractivity contribution in [3.63, 3.8) is 0 Å². The summed E-state index contributed by atoms with van der Waals surface area (Å²) in [4.78, 5) is 25.8. The highest BCUT2D eigenvalue weighted by Crippen LogP contribution is 2.33. The van der Waals surface area contributed by atoms with E-state index in [1.165, 1.54) is 6.92 Å². The summed E-state index contributed by atoms with van der Waals surface area (Å²) in [5, 5.41) is 2.87. The molecule has 6 heteroatoms. The Hall–Kier alpha value is -0.810. The summed E-state index contributed by atoms with van der Waals surface area (Å²) in [6.07, 6.45) is 6.18. The highest BCUT2D eigenvalue weighted by atomic mass is 35.5. The van der Waals surface area contributed by atoms with Crippen molar-refractivity contribution in [2.45, 2.75) is 57.9 Å². The van der Waals surface area contributed by atoms with Gasteiger partial charge in [-0.3, -0.25) is 9.59 Å². The molecule has 0 aromatic rings. The van der Waals surface area contributed by atoms with Crippen LogP contribution in [0.3, 0.4) is 0 Å². The number of hydrogen-bond acceptors (Lipinski definition) is 3. The lowest BCUT2D eigenvalue weighted by atomic mass is 9.73. The van der Waals surface area contributed by atoms with Crippen LogP contribution in [0.25, 0.3) is 0 Å². The Morgan fingerprint density at radius 3 is 2.64 bits per heavy atom. The average Bonchev–Trinajstić information content (AvgIpc) is 2.44. The Kier molecular flexibility index (Phi) is 7.13. The first-order valence-corrected chi connectivity index (χ1v) is 8.22. The Morgan fingerprint density at radius 2 is 2.00 bits per heavy atom. The summed E-state index contributed by atoms with van der Waals surface area (Å²) in [7, 11) is 0. The van der Waals surface area contributed by atoms with Gasteiger partial charge in [-0.1, -0.05) is 12.8 Å². The standard InChI is InChI=1S/C16H29N3O2.ClH/c1-12(20)18-10-13-6-5-9-19(11-13)15(21)14-7-3-4-8-16(14,2)17;/h13-14H,3-11,17H2,1-2H3,(H,18,20);1H. The van der Waals surface area contributed by atoms with E-state index in [4.69, 9.17) is 5.73 Å². The highest BCUT2D eigenvalue weighted by Gasteiger charge is 2.40. The molecule has 2 aliphatic rings. The topological polar surface area (TPSA) is 75.4 Å². The normalized spacial score (nSPS) is 32.0. The first-order chi connectivity index (χ1) is 9.90. The van der Waals surface area contributed by atoms with Gasteiger partial charge in [0.1, 0.15) is 0 Å². The van der Waals surface area contributed by atoms with Crippen molar-refractivity contribution in [3.8, 4) is 0 Å². The largest absolute Gasteiger partial charge is 0.356 e. The second kappa shape index (κ2) is 8.16. The molecule has 5 nitrogen and oxygen atoms in total. The number of nitrogens with two attached hydrogens (primary N) is 1. The minimum atomic E-state index is -0.361. The van der Waals surface area contributed by atoms with Crippen LogP contribution < -0.4 is 11.1 Å². The molecular weight excluding hydrogens is 302 g/mol. The molecule has 0 spiro atoms. The molecule has 1 aliphatic heterocycles. The van der Waals surface area contributed by atoms with Crippen LogP contribution in [0.5, 0.6) is 0 Å². The molecule has 3 N–H and O–H groups in total. The fourth-order valence-electron chi connectivity index (χ4n) is 3.70. The lowest BCUT2D eigenvalue weighted by Gasteiger charge is -2.42.